The summed E-state index contributed by atoms with van der Waals surface area (Å²) in [5, 5.41) is 10.6. The Morgan fingerprint density at radius 1 is 0.857 bits per heavy atom. The zero-order valence-corrected chi connectivity index (χ0v) is 29.4. The second-order valence-corrected chi connectivity index (χ2v) is 18.5. The SMILES string of the molecule is CC(C)C1CC[C@]2(C(=O)O)CC[C@]3(C)C(CCC4[C@@]5(C)CC[C@H](OC(=O)CC(C)(C)C(=O)Br)C(C)(C)C5CC[C@]43C)C12. The first-order chi connectivity index (χ1) is 19.3. The molecule has 6 heteroatoms. The molecule has 0 radical (unpaired) electrons. The van der Waals surface area contributed by atoms with Crippen LogP contribution in [0.5, 0.6) is 0 Å². The molecule has 5 rings (SSSR count). The van der Waals surface area contributed by atoms with Crippen molar-refractivity contribution in [1.29, 1.82) is 0 Å². The molecule has 0 amide bonds. The Morgan fingerprint density at radius 2 is 1.52 bits per heavy atom. The van der Waals surface area contributed by atoms with E-state index in [4.69, 9.17) is 4.74 Å². The van der Waals surface area contributed by atoms with Crippen molar-refractivity contribution in [3.63, 3.8) is 0 Å². The number of ether oxygens (including phenoxy) is 1. The van der Waals surface area contributed by atoms with Crippen LogP contribution in [-0.4, -0.2) is 27.8 Å². The number of carbonyl (C=O) groups is 3. The minimum atomic E-state index is -0.780. The number of esters is 1. The predicted molar refractivity (Wildman–Crippen MR) is 169 cm³/mol. The van der Waals surface area contributed by atoms with Gasteiger partial charge in [0, 0.05) is 10.8 Å². The Morgan fingerprint density at radius 3 is 2.12 bits per heavy atom. The van der Waals surface area contributed by atoms with Gasteiger partial charge < -0.3 is 9.84 Å². The normalized spacial score (nSPS) is 46.2. The lowest BCUT2D eigenvalue weighted by molar-refractivity contribution is -0.252. The average Bonchev–Trinajstić information content (AvgIpc) is 3.27. The fourth-order valence-corrected chi connectivity index (χ4v) is 12.7. The van der Waals surface area contributed by atoms with Crippen LogP contribution < -0.4 is 0 Å². The summed E-state index contributed by atoms with van der Waals surface area (Å²) in [5.41, 5.74) is -0.975. The molecule has 0 saturated heterocycles. The summed E-state index contributed by atoms with van der Waals surface area (Å²) in [6, 6.07) is 0. The second kappa shape index (κ2) is 10.3. The number of halogens is 1. The monoisotopic (exact) mass is 648 g/mol. The fourth-order valence-electron chi connectivity index (χ4n) is 12.6. The van der Waals surface area contributed by atoms with Crippen molar-refractivity contribution in [3.05, 3.63) is 0 Å². The third-order valence-electron chi connectivity index (χ3n) is 15.1. The quantitative estimate of drug-likeness (QED) is 0.229. The Balaban J connectivity index is 1.42. The molecule has 1 N–H and O–H groups in total. The van der Waals surface area contributed by atoms with Gasteiger partial charge in [-0.25, -0.2) is 0 Å². The summed E-state index contributed by atoms with van der Waals surface area (Å²) in [5.74, 6) is 2.03. The summed E-state index contributed by atoms with van der Waals surface area (Å²) in [6.45, 7) is 20.6. The topological polar surface area (TPSA) is 80.7 Å². The molecule has 0 aliphatic heterocycles. The average molecular weight is 650 g/mol. The van der Waals surface area contributed by atoms with E-state index in [9.17, 15) is 19.5 Å². The van der Waals surface area contributed by atoms with Gasteiger partial charge in [-0.05, 0) is 132 Å². The van der Waals surface area contributed by atoms with E-state index in [1.54, 1.807) is 13.8 Å². The van der Waals surface area contributed by atoms with Crippen molar-refractivity contribution in [2.24, 2.45) is 68.0 Å². The molecule has 5 fully saturated rings. The van der Waals surface area contributed by atoms with Gasteiger partial charge in [0.1, 0.15) is 6.10 Å². The van der Waals surface area contributed by atoms with Gasteiger partial charge in [0.2, 0.25) is 4.69 Å². The lowest BCUT2D eigenvalue weighted by Gasteiger charge is -2.72. The maximum atomic E-state index is 13.0. The maximum absolute atomic E-state index is 13.0. The van der Waals surface area contributed by atoms with E-state index in [2.05, 4.69) is 64.4 Å². The summed E-state index contributed by atoms with van der Waals surface area (Å²) >= 11 is 3.05. The first kappa shape index (κ1) is 32.5. The highest BCUT2D eigenvalue weighted by Gasteiger charge is 2.72. The number of aliphatic carboxylic acids is 1. The van der Waals surface area contributed by atoms with Crippen molar-refractivity contribution in [3.8, 4) is 0 Å². The molecule has 0 aromatic carbocycles. The van der Waals surface area contributed by atoms with Crippen molar-refractivity contribution < 1.29 is 24.2 Å². The molecule has 5 saturated carbocycles. The number of carbonyl (C=O) groups excluding carboxylic acids is 2. The van der Waals surface area contributed by atoms with E-state index < -0.39 is 16.8 Å². The predicted octanol–water partition coefficient (Wildman–Crippen LogP) is 9.06. The van der Waals surface area contributed by atoms with E-state index >= 15 is 0 Å². The van der Waals surface area contributed by atoms with Gasteiger partial charge in [-0.3, -0.25) is 14.4 Å². The number of fused-ring (bicyclic) bond motifs is 7. The Bertz CT molecular complexity index is 1130. The maximum Gasteiger partial charge on any atom is 0.309 e. The van der Waals surface area contributed by atoms with Crippen LogP contribution >= 0.6 is 15.9 Å². The molecule has 238 valence electrons. The molecule has 5 unspecified atom stereocenters. The number of carboxylic acids is 1. The first-order valence-corrected chi connectivity index (χ1v) is 17.7. The van der Waals surface area contributed by atoms with Gasteiger partial charge in [-0.1, -0.05) is 62.3 Å². The first-order valence-electron chi connectivity index (χ1n) is 16.9. The van der Waals surface area contributed by atoms with E-state index in [1.165, 1.54) is 12.8 Å². The molecule has 0 aromatic heterocycles. The number of hydrogen-bond acceptors (Lipinski definition) is 4. The van der Waals surface area contributed by atoms with E-state index in [0.29, 0.717) is 35.5 Å². The van der Waals surface area contributed by atoms with Crippen LogP contribution in [-0.2, 0) is 19.1 Å². The molecule has 0 aromatic rings. The van der Waals surface area contributed by atoms with Crippen LogP contribution in [0.2, 0.25) is 0 Å². The summed E-state index contributed by atoms with van der Waals surface area (Å²) in [4.78, 5) is 38.0. The lowest BCUT2D eigenvalue weighted by atomic mass is 9.32. The third-order valence-corrected chi connectivity index (χ3v) is 16.2. The van der Waals surface area contributed by atoms with Crippen LogP contribution in [0.25, 0.3) is 0 Å². The number of rotatable bonds is 6. The second-order valence-electron chi connectivity index (χ2n) is 17.8. The molecule has 5 aliphatic carbocycles. The molecule has 5 aliphatic rings. The highest BCUT2D eigenvalue weighted by atomic mass is 79.9. The highest BCUT2D eigenvalue weighted by Crippen LogP contribution is 2.77. The lowest BCUT2D eigenvalue weighted by Crippen LogP contribution is -2.67. The van der Waals surface area contributed by atoms with Crippen molar-refractivity contribution >= 4 is 32.6 Å². The van der Waals surface area contributed by atoms with Gasteiger partial charge in [0.05, 0.1) is 11.8 Å². The van der Waals surface area contributed by atoms with Crippen LogP contribution in [0.1, 0.15) is 133 Å². The van der Waals surface area contributed by atoms with Gasteiger partial charge in [0.15, 0.2) is 0 Å². The fraction of sp³-hybridized carbons (Fsp3) is 0.917. The van der Waals surface area contributed by atoms with Crippen LogP contribution in [0.3, 0.4) is 0 Å². The number of carboxylic acid groups (broad SMARTS) is 1. The van der Waals surface area contributed by atoms with Gasteiger partial charge in [0.25, 0.3) is 0 Å². The van der Waals surface area contributed by atoms with E-state index in [0.717, 1.165) is 51.4 Å². The molecule has 0 bridgehead atoms. The van der Waals surface area contributed by atoms with Crippen molar-refractivity contribution in [2.45, 2.75) is 139 Å². The summed E-state index contributed by atoms with van der Waals surface area (Å²) < 4.78 is 6.03. The molecule has 10 atom stereocenters. The third kappa shape index (κ3) is 4.43. The molecule has 5 nitrogen and oxygen atoms in total. The van der Waals surface area contributed by atoms with Crippen LogP contribution in [0.15, 0.2) is 0 Å². The molecule has 42 heavy (non-hydrogen) atoms. The Kier molecular flexibility index (Phi) is 7.97. The van der Waals surface area contributed by atoms with Gasteiger partial charge in [-0.15, -0.1) is 0 Å². The zero-order chi connectivity index (χ0) is 31.3. The largest absolute Gasteiger partial charge is 0.481 e. The zero-order valence-electron chi connectivity index (χ0n) is 27.8. The smallest absolute Gasteiger partial charge is 0.309 e. The molecule has 0 heterocycles. The Hall–Kier alpha value is -0.910. The Labute approximate surface area is 263 Å². The number of hydrogen-bond donors (Lipinski definition) is 1. The van der Waals surface area contributed by atoms with Gasteiger partial charge in [-0.2, -0.15) is 0 Å². The molecular formula is C36H57BrO5. The van der Waals surface area contributed by atoms with Crippen molar-refractivity contribution in [1.82, 2.24) is 0 Å². The molecule has 0 spiro atoms. The minimum absolute atomic E-state index is 0.0857. The van der Waals surface area contributed by atoms with Crippen LogP contribution in [0, 0.1) is 68.0 Å². The van der Waals surface area contributed by atoms with Crippen LogP contribution in [0.4, 0.5) is 0 Å². The van der Waals surface area contributed by atoms with E-state index in [1.807, 2.05) is 0 Å². The summed E-state index contributed by atoms with van der Waals surface area (Å²) in [7, 11) is 0. The van der Waals surface area contributed by atoms with E-state index in [-0.39, 0.29) is 44.8 Å². The summed E-state index contributed by atoms with van der Waals surface area (Å²) in [6.07, 6.45) is 10.3. The van der Waals surface area contributed by atoms with Crippen molar-refractivity contribution in [2.75, 3.05) is 0 Å². The standard InChI is InChI=1S/C36H57BrO5/c1-21(2)22-12-17-36(30(40)41)19-18-34(8)23(28(22)36)10-11-25-33(7)15-14-26(42-27(38)20-31(3,4)29(37)39)32(5,6)24(33)13-16-35(25,34)9/h21-26,28H,10-20H2,1-9H3,(H,40,41)/t22?,23?,24?,25?,26-,28?,33-,34+,35+,36-/m0/s1. The van der Waals surface area contributed by atoms with Gasteiger partial charge >= 0.3 is 11.9 Å². The minimum Gasteiger partial charge on any atom is -0.481 e. The molecular weight excluding hydrogens is 592 g/mol. The highest BCUT2D eigenvalue weighted by molar-refractivity contribution is 9.18.